The van der Waals surface area contributed by atoms with Crippen LogP contribution in [0, 0.1) is 0 Å². The third kappa shape index (κ3) is 3.40. The zero-order valence-corrected chi connectivity index (χ0v) is 14.1. The quantitative estimate of drug-likeness (QED) is 0.879. The lowest BCUT2D eigenvalue weighted by Gasteiger charge is -2.12. The first kappa shape index (κ1) is 16.7. The van der Waals surface area contributed by atoms with Crippen LogP contribution in [0.5, 0.6) is 11.5 Å². The second-order valence-corrected chi connectivity index (χ2v) is 6.63. The number of nitrogens with one attached hydrogen (secondary N) is 1. The molecular weight excluding hydrogens is 349 g/mol. The molecule has 0 amide bonds. The SMILES string of the molecule is COc1ccc(NS(=O)(=O)c2ccc(OC)c(Cl)c2Cl)cc1. The van der Waals surface area contributed by atoms with Crippen molar-refractivity contribution in [1.29, 1.82) is 0 Å². The van der Waals surface area contributed by atoms with Crippen LogP contribution in [0.1, 0.15) is 0 Å². The highest BCUT2D eigenvalue weighted by molar-refractivity contribution is 7.92. The molecule has 0 unspecified atom stereocenters. The lowest BCUT2D eigenvalue weighted by molar-refractivity contribution is 0.414. The van der Waals surface area contributed by atoms with E-state index in [9.17, 15) is 8.42 Å². The van der Waals surface area contributed by atoms with Crippen molar-refractivity contribution < 1.29 is 17.9 Å². The standard InChI is InChI=1S/C14H13Cl2NO4S/c1-20-10-5-3-9(4-6-10)17-22(18,19)12-8-7-11(21-2)13(15)14(12)16/h3-8,17H,1-2H3. The fraction of sp³-hybridized carbons (Fsp3) is 0.143. The zero-order chi connectivity index (χ0) is 16.3. The van der Waals surface area contributed by atoms with Gasteiger partial charge >= 0.3 is 0 Å². The number of rotatable bonds is 5. The van der Waals surface area contributed by atoms with Crippen molar-refractivity contribution in [2.24, 2.45) is 0 Å². The summed E-state index contributed by atoms with van der Waals surface area (Å²) >= 11 is 12.0. The summed E-state index contributed by atoms with van der Waals surface area (Å²) in [5.74, 6) is 0.920. The van der Waals surface area contributed by atoms with Gasteiger partial charge in [-0.3, -0.25) is 4.72 Å². The maximum atomic E-state index is 12.4. The molecule has 2 aromatic rings. The van der Waals surface area contributed by atoms with Gasteiger partial charge in [-0.15, -0.1) is 0 Å². The third-order valence-corrected chi connectivity index (χ3v) is 5.26. The summed E-state index contributed by atoms with van der Waals surface area (Å²) in [5, 5.41) is -0.0520. The number of hydrogen-bond donors (Lipinski definition) is 1. The summed E-state index contributed by atoms with van der Waals surface area (Å²) in [6, 6.07) is 9.21. The monoisotopic (exact) mass is 361 g/mol. The molecule has 8 heteroatoms. The highest BCUT2D eigenvalue weighted by Gasteiger charge is 2.22. The predicted molar refractivity (Wildman–Crippen MR) is 86.8 cm³/mol. The molecule has 0 aliphatic rings. The van der Waals surface area contributed by atoms with Crippen LogP contribution in [0.25, 0.3) is 0 Å². The summed E-state index contributed by atoms with van der Waals surface area (Å²) in [6.07, 6.45) is 0. The Morgan fingerprint density at radius 3 is 2.09 bits per heavy atom. The minimum Gasteiger partial charge on any atom is -0.497 e. The van der Waals surface area contributed by atoms with Crippen molar-refractivity contribution in [1.82, 2.24) is 0 Å². The van der Waals surface area contributed by atoms with E-state index in [1.807, 2.05) is 0 Å². The Morgan fingerprint density at radius 2 is 1.55 bits per heavy atom. The van der Waals surface area contributed by atoms with Crippen LogP contribution >= 0.6 is 23.2 Å². The molecule has 0 heterocycles. The van der Waals surface area contributed by atoms with E-state index in [1.165, 1.54) is 26.4 Å². The molecular formula is C14H13Cl2NO4S. The molecule has 0 aliphatic carbocycles. The number of benzene rings is 2. The fourth-order valence-electron chi connectivity index (χ4n) is 1.75. The van der Waals surface area contributed by atoms with Gasteiger partial charge in [0.15, 0.2) is 0 Å². The average Bonchev–Trinajstić information content (AvgIpc) is 2.50. The average molecular weight is 362 g/mol. The Kier molecular flexibility index (Phi) is 5.05. The maximum absolute atomic E-state index is 12.4. The highest BCUT2D eigenvalue weighted by Crippen LogP contribution is 2.37. The van der Waals surface area contributed by atoms with Crippen molar-refractivity contribution in [2.75, 3.05) is 18.9 Å². The topological polar surface area (TPSA) is 64.6 Å². The largest absolute Gasteiger partial charge is 0.497 e. The first-order valence-electron chi connectivity index (χ1n) is 6.08. The van der Waals surface area contributed by atoms with Gasteiger partial charge in [0, 0.05) is 5.69 Å². The zero-order valence-electron chi connectivity index (χ0n) is 11.8. The highest BCUT2D eigenvalue weighted by atomic mass is 35.5. The van der Waals surface area contributed by atoms with Gasteiger partial charge in [0.25, 0.3) is 10.0 Å². The number of ether oxygens (including phenoxy) is 2. The fourth-order valence-corrected chi connectivity index (χ4v) is 3.65. The maximum Gasteiger partial charge on any atom is 0.263 e. The minimum absolute atomic E-state index is 0.0433. The molecule has 118 valence electrons. The van der Waals surface area contributed by atoms with E-state index >= 15 is 0 Å². The van der Waals surface area contributed by atoms with E-state index in [1.54, 1.807) is 24.3 Å². The number of hydrogen-bond acceptors (Lipinski definition) is 4. The lowest BCUT2D eigenvalue weighted by atomic mass is 10.3. The molecule has 0 aromatic heterocycles. The minimum atomic E-state index is -3.87. The van der Waals surface area contributed by atoms with Crippen LogP contribution in [0.3, 0.4) is 0 Å². The van der Waals surface area contributed by atoms with E-state index in [2.05, 4.69) is 4.72 Å². The van der Waals surface area contributed by atoms with E-state index in [0.29, 0.717) is 17.2 Å². The Morgan fingerprint density at radius 1 is 0.909 bits per heavy atom. The molecule has 1 N–H and O–H groups in total. The Balaban J connectivity index is 2.36. The van der Waals surface area contributed by atoms with Crippen LogP contribution < -0.4 is 14.2 Å². The van der Waals surface area contributed by atoms with Crippen molar-refractivity contribution in [3.63, 3.8) is 0 Å². The first-order chi connectivity index (χ1) is 10.4. The smallest absolute Gasteiger partial charge is 0.263 e. The number of sulfonamides is 1. The van der Waals surface area contributed by atoms with Crippen molar-refractivity contribution in [3.05, 3.63) is 46.4 Å². The van der Waals surface area contributed by atoms with Gasteiger partial charge in [0.05, 0.1) is 19.2 Å². The number of methoxy groups -OCH3 is 2. The van der Waals surface area contributed by atoms with E-state index < -0.39 is 10.0 Å². The third-order valence-electron chi connectivity index (χ3n) is 2.86. The van der Waals surface area contributed by atoms with Crippen LogP contribution in [0.4, 0.5) is 5.69 Å². The molecule has 2 aromatic carbocycles. The summed E-state index contributed by atoms with van der Waals surface area (Å²) < 4.78 is 37.2. The molecule has 5 nitrogen and oxygen atoms in total. The van der Waals surface area contributed by atoms with E-state index in [0.717, 1.165) is 0 Å². The molecule has 0 spiro atoms. The van der Waals surface area contributed by atoms with Gasteiger partial charge in [-0.2, -0.15) is 0 Å². The lowest BCUT2D eigenvalue weighted by Crippen LogP contribution is -2.13. The summed E-state index contributed by atoms with van der Waals surface area (Å²) in [4.78, 5) is -0.129. The molecule has 0 saturated carbocycles. The molecule has 0 radical (unpaired) electrons. The molecule has 0 bridgehead atoms. The summed E-state index contributed by atoms with van der Waals surface area (Å²) in [6.45, 7) is 0. The van der Waals surface area contributed by atoms with E-state index in [4.69, 9.17) is 32.7 Å². The first-order valence-corrected chi connectivity index (χ1v) is 8.32. The van der Waals surface area contributed by atoms with Crippen LogP contribution in [0.15, 0.2) is 41.3 Å². The van der Waals surface area contributed by atoms with Crippen LogP contribution in [0.2, 0.25) is 10.0 Å². The summed E-state index contributed by atoms with van der Waals surface area (Å²) in [7, 11) is -0.930. The molecule has 0 saturated heterocycles. The Labute approximate surface area is 138 Å². The van der Waals surface area contributed by atoms with Gasteiger partial charge in [0.1, 0.15) is 21.4 Å². The molecule has 0 fully saturated rings. The predicted octanol–water partition coefficient (Wildman–Crippen LogP) is 3.81. The number of anilines is 1. The van der Waals surface area contributed by atoms with Crippen LogP contribution in [-0.2, 0) is 10.0 Å². The van der Waals surface area contributed by atoms with Gasteiger partial charge in [-0.05, 0) is 36.4 Å². The Bertz CT molecular complexity index is 776. The molecule has 0 aliphatic heterocycles. The second-order valence-electron chi connectivity index (χ2n) is 4.23. The van der Waals surface area contributed by atoms with E-state index in [-0.39, 0.29) is 14.9 Å². The van der Waals surface area contributed by atoms with Crippen molar-refractivity contribution >= 4 is 38.9 Å². The number of halogens is 2. The Hall–Kier alpha value is -1.63. The molecule has 22 heavy (non-hydrogen) atoms. The molecule has 2 rings (SSSR count). The van der Waals surface area contributed by atoms with Gasteiger partial charge < -0.3 is 9.47 Å². The normalized spacial score (nSPS) is 11.1. The second kappa shape index (κ2) is 6.64. The van der Waals surface area contributed by atoms with Crippen molar-refractivity contribution in [3.8, 4) is 11.5 Å². The van der Waals surface area contributed by atoms with Gasteiger partial charge in [-0.25, -0.2) is 8.42 Å². The van der Waals surface area contributed by atoms with Crippen LogP contribution in [-0.4, -0.2) is 22.6 Å². The molecule has 0 atom stereocenters. The van der Waals surface area contributed by atoms with Crippen molar-refractivity contribution in [2.45, 2.75) is 4.90 Å². The van der Waals surface area contributed by atoms with Gasteiger partial charge in [0.2, 0.25) is 0 Å². The summed E-state index contributed by atoms with van der Waals surface area (Å²) in [5.41, 5.74) is 0.379. The van der Waals surface area contributed by atoms with Gasteiger partial charge in [-0.1, -0.05) is 23.2 Å².